The molecule has 1 amide bonds. The lowest BCUT2D eigenvalue weighted by atomic mass is 10.2. The van der Waals surface area contributed by atoms with Crippen molar-refractivity contribution in [3.63, 3.8) is 0 Å². The van der Waals surface area contributed by atoms with E-state index in [2.05, 4.69) is 10.0 Å². The van der Waals surface area contributed by atoms with Crippen molar-refractivity contribution in [3.05, 3.63) is 40.9 Å². The number of rotatable bonds is 6. The van der Waals surface area contributed by atoms with E-state index in [-0.39, 0.29) is 33.1 Å². The molecule has 0 saturated heterocycles. The number of carboxylic acids is 1. The van der Waals surface area contributed by atoms with Crippen molar-refractivity contribution in [3.8, 4) is 17.2 Å². The molecule has 2 aromatic rings. The van der Waals surface area contributed by atoms with Crippen LogP contribution < -0.4 is 14.8 Å². The Morgan fingerprint density at radius 2 is 1.84 bits per heavy atom. The molecule has 166 valence electrons. The molecule has 1 fully saturated rings. The van der Waals surface area contributed by atoms with Crippen molar-refractivity contribution in [2.75, 3.05) is 5.32 Å². The van der Waals surface area contributed by atoms with Gasteiger partial charge in [0.05, 0.1) is 5.02 Å². The maximum absolute atomic E-state index is 12.7. The Bertz CT molecular complexity index is 1110. The van der Waals surface area contributed by atoms with Crippen molar-refractivity contribution in [2.45, 2.75) is 43.5 Å². The Labute approximate surface area is 184 Å². The molecule has 0 unspecified atom stereocenters. The van der Waals surface area contributed by atoms with Crippen LogP contribution in [-0.2, 0) is 19.6 Å². The van der Waals surface area contributed by atoms with E-state index in [1.807, 2.05) is 0 Å². The molecule has 11 heteroatoms. The van der Waals surface area contributed by atoms with E-state index < -0.39 is 27.6 Å². The number of carboxylic acid groups (broad SMARTS) is 1. The van der Waals surface area contributed by atoms with Crippen molar-refractivity contribution in [1.29, 1.82) is 0 Å². The van der Waals surface area contributed by atoms with Gasteiger partial charge in [-0.2, -0.15) is 0 Å². The van der Waals surface area contributed by atoms with Crippen molar-refractivity contribution in [2.24, 2.45) is 0 Å². The number of carbonyl (C=O) groups excluding carboxylic acids is 1. The number of ether oxygens (including phenoxy) is 1. The Balaban J connectivity index is 1.85. The van der Waals surface area contributed by atoms with Gasteiger partial charge in [-0.1, -0.05) is 24.4 Å². The summed E-state index contributed by atoms with van der Waals surface area (Å²) in [5, 5.41) is 21.0. The Morgan fingerprint density at radius 3 is 2.45 bits per heavy atom. The minimum absolute atomic E-state index is 0.0715. The quantitative estimate of drug-likeness (QED) is 0.476. The van der Waals surface area contributed by atoms with Gasteiger partial charge in [-0.25, -0.2) is 17.9 Å². The van der Waals surface area contributed by atoms with Crippen LogP contribution in [0.25, 0.3) is 0 Å². The van der Waals surface area contributed by atoms with Crippen LogP contribution in [0.1, 0.15) is 31.2 Å². The van der Waals surface area contributed by atoms with Crippen LogP contribution in [0.15, 0.2) is 35.2 Å². The molecule has 0 spiro atoms. The highest BCUT2D eigenvalue weighted by Crippen LogP contribution is 2.37. The number of hydrogen-bond donors (Lipinski definition) is 4. The molecule has 0 radical (unpaired) electrons. The Hall–Kier alpha value is -2.82. The van der Waals surface area contributed by atoms with Gasteiger partial charge in [0.15, 0.2) is 0 Å². The number of sulfonamides is 1. The predicted octanol–water partition coefficient (Wildman–Crippen LogP) is 3.39. The van der Waals surface area contributed by atoms with Gasteiger partial charge in [0.2, 0.25) is 10.0 Å². The molecule has 0 atom stereocenters. The lowest BCUT2D eigenvalue weighted by Gasteiger charge is -2.16. The second-order valence-electron chi connectivity index (χ2n) is 7.20. The summed E-state index contributed by atoms with van der Waals surface area (Å²) in [6.45, 7) is 1.62. The first-order valence-corrected chi connectivity index (χ1v) is 11.3. The standard InChI is InChI=1S/C20H21ClN2O7S/c1-11-8-13(22-19(25)20(26)27)9-15(21)18(11)30-14-6-7-16(24)17(10-14)31(28,29)23-12-4-2-3-5-12/h6-10,12,23-24H,2-5H2,1H3,(H,22,25)(H,26,27). The number of aliphatic carboxylic acids is 1. The topological polar surface area (TPSA) is 142 Å². The van der Waals surface area contributed by atoms with Crippen LogP contribution in [0.4, 0.5) is 5.69 Å². The third kappa shape index (κ3) is 5.46. The van der Waals surface area contributed by atoms with Crippen LogP contribution >= 0.6 is 11.6 Å². The van der Waals surface area contributed by atoms with Gasteiger partial charge in [0.1, 0.15) is 22.1 Å². The summed E-state index contributed by atoms with van der Waals surface area (Å²) >= 11 is 6.22. The SMILES string of the molecule is Cc1cc(NC(=O)C(=O)O)cc(Cl)c1Oc1ccc(O)c(S(=O)(=O)NC2CCCC2)c1. The fourth-order valence-electron chi connectivity index (χ4n) is 3.33. The van der Waals surface area contributed by atoms with Gasteiger partial charge < -0.3 is 20.3 Å². The summed E-state index contributed by atoms with van der Waals surface area (Å²) in [7, 11) is -3.95. The van der Waals surface area contributed by atoms with Crippen LogP contribution in [0.3, 0.4) is 0 Å². The molecule has 9 nitrogen and oxygen atoms in total. The fourth-order valence-corrected chi connectivity index (χ4v) is 5.06. The van der Waals surface area contributed by atoms with E-state index in [0.717, 1.165) is 25.7 Å². The predicted molar refractivity (Wildman–Crippen MR) is 113 cm³/mol. The fraction of sp³-hybridized carbons (Fsp3) is 0.300. The number of hydrogen-bond acceptors (Lipinski definition) is 6. The molecule has 4 N–H and O–H groups in total. The van der Waals surface area contributed by atoms with Crippen molar-refractivity contribution < 1.29 is 33.0 Å². The Kier molecular flexibility index (Phi) is 6.73. The van der Waals surface area contributed by atoms with E-state index in [1.54, 1.807) is 6.92 Å². The number of phenols is 1. The first-order valence-electron chi connectivity index (χ1n) is 9.44. The molecule has 1 aliphatic carbocycles. The van der Waals surface area contributed by atoms with E-state index in [1.165, 1.54) is 30.3 Å². The minimum atomic E-state index is -3.95. The smallest absolute Gasteiger partial charge is 0.394 e. The van der Waals surface area contributed by atoms with Gasteiger partial charge >= 0.3 is 11.9 Å². The number of anilines is 1. The van der Waals surface area contributed by atoms with Crippen molar-refractivity contribution in [1.82, 2.24) is 4.72 Å². The Morgan fingerprint density at radius 1 is 1.16 bits per heavy atom. The normalized spacial score (nSPS) is 14.4. The molecule has 31 heavy (non-hydrogen) atoms. The maximum atomic E-state index is 12.7. The first-order chi connectivity index (χ1) is 14.6. The average Bonchev–Trinajstić information content (AvgIpc) is 3.18. The first kappa shape index (κ1) is 22.9. The van der Waals surface area contributed by atoms with Gasteiger partial charge in [-0.15, -0.1) is 0 Å². The number of halogens is 1. The molecular formula is C20H21ClN2O7S. The van der Waals surface area contributed by atoms with E-state index >= 15 is 0 Å². The lowest BCUT2D eigenvalue weighted by molar-refractivity contribution is -0.147. The third-order valence-corrected chi connectivity index (χ3v) is 6.63. The van der Waals surface area contributed by atoms with Crippen LogP contribution in [-0.4, -0.2) is 36.5 Å². The summed E-state index contributed by atoms with van der Waals surface area (Å²) in [6, 6.07) is 6.40. The largest absolute Gasteiger partial charge is 0.507 e. The molecule has 2 aromatic carbocycles. The number of benzene rings is 2. The number of phenolic OH excluding ortho intramolecular Hbond substituents is 1. The summed E-state index contributed by atoms with van der Waals surface area (Å²) in [4.78, 5) is 21.7. The molecule has 0 aromatic heterocycles. The molecule has 0 heterocycles. The van der Waals surface area contributed by atoms with Gasteiger partial charge in [-0.05, 0) is 49.6 Å². The highest BCUT2D eigenvalue weighted by molar-refractivity contribution is 7.89. The molecule has 0 aliphatic heterocycles. The highest BCUT2D eigenvalue weighted by Gasteiger charge is 2.26. The zero-order valence-electron chi connectivity index (χ0n) is 16.5. The number of nitrogens with one attached hydrogen (secondary N) is 2. The summed E-state index contributed by atoms with van der Waals surface area (Å²) < 4.78 is 33.8. The summed E-state index contributed by atoms with van der Waals surface area (Å²) in [5.41, 5.74) is 0.631. The number of aromatic hydroxyl groups is 1. The van der Waals surface area contributed by atoms with Gasteiger partial charge in [0, 0.05) is 17.8 Å². The second kappa shape index (κ2) is 9.13. The van der Waals surface area contributed by atoms with E-state index in [4.69, 9.17) is 21.4 Å². The molecule has 0 bridgehead atoms. The van der Waals surface area contributed by atoms with Crippen LogP contribution in [0.5, 0.6) is 17.2 Å². The number of carbonyl (C=O) groups is 2. The second-order valence-corrected chi connectivity index (χ2v) is 9.29. The summed E-state index contributed by atoms with van der Waals surface area (Å²) in [6.07, 6.45) is 3.39. The summed E-state index contributed by atoms with van der Waals surface area (Å²) in [5.74, 6) is -2.96. The number of aryl methyl sites for hydroxylation is 1. The van der Waals surface area contributed by atoms with Crippen LogP contribution in [0, 0.1) is 6.92 Å². The van der Waals surface area contributed by atoms with Gasteiger partial charge in [-0.3, -0.25) is 4.79 Å². The molecule has 1 saturated carbocycles. The third-order valence-electron chi connectivity index (χ3n) is 4.80. The zero-order valence-corrected chi connectivity index (χ0v) is 18.1. The molecular weight excluding hydrogens is 448 g/mol. The van der Waals surface area contributed by atoms with Crippen LogP contribution in [0.2, 0.25) is 5.02 Å². The van der Waals surface area contributed by atoms with Gasteiger partial charge in [0.25, 0.3) is 0 Å². The monoisotopic (exact) mass is 468 g/mol. The zero-order chi connectivity index (χ0) is 22.8. The lowest BCUT2D eigenvalue weighted by Crippen LogP contribution is -2.32. The van der Waals surface area contributed by atoms with E-state index in [9.17, 15) is 23.1 Å². The van der Waals surface area contributed by atoms with E-state index in [0.29, 0.717) is 5.56 Å². The van der Waals surface area contributed by atoms with Crippen molar-refractivity contribution >= 4 is 39.2 Å². The number of amides is 1. The molecule has 1 aliphatic rings. The highest BCUT2D eigenvalue weighted by atomic mass is 35.5. The minimum Gasteiger partial charge on any atom is -0.507 e. The molecule has 3 rings (SSSR count). The average molecular weight is 469 g/mol. The maximum Gasteiger partial charge on any atom is 0.394 e.